The average molecular weight is 460 g/mol. The number of amides is 1. The molecule has 0 bridgehead atoms. The van der Waals surface area contributed by atoms with Crippen LogP contribution in [0.1, 0.15) is 17.2 Å². The first-order chi connectivity index (χ1) is 15.8. The summed E-state index contributed by atoms with van der Waals surface area (Å²) in [5.41, 5.74) is 2.18. The summed E-state index contributed by atoms with van der Waals surface area (Å²) < 4.78 is 51.1. The quantitative estimate of drug-likeness (QED) is 0.475. The number of ether oxygens (including phenoxy) is 3. The highest BCUT2D eigenvalue weighted by Gasteiger charge is 2.31. The van der Waals surface area contributed by atoms with Crippen LogP contribution in [0.5, 0.6) is 17.2 Å². The topological polar surface area (TPSA) is 68.8 Å². The Hall–Kier alpha value is -3.88. The van der Waals surface area contributed by atoms with Gasteiger partial charge in [0.15, 0.2) is 0 Å². The summed E-state index contributed by atoms with van der Waals surface area (Å²) >= 11 is 0. The number of rotatable bonds is 9. The van der Waals surface area contributed by atoms with Gasteiger partial charge in [0.1, 0.15) is 17.2 Å². The van der Waals surface area contributed by atoms with Gasteiger partial charge in [-0.1, -0.05) is 24.3 Å². The monoisotopic (exact) mass is 460 g/mol. The zero-order chi connectivity index (χ0) is 23.8. The van der Waals surface area contributed by atoms with Gasteiger partial charge >= 0.3 is 6.36 Å². The standard InChI is InChI=1S/C24H23F3N2O4/c1-31-19-9-3-16(4-10-19)23(17-5-11-20(32-2)12-6-17)29-22(30)15-28-18-7-13-21(14-8-18)33-24(25,26)27/h3-14,23,28H,15H2,1-2H3,(H,29,30). The van der Waals surface area contributed by atoms with Crippen molar-refractivity contribution in [3.63, 3.8) is 0 Å². The summed E-state index contributed by atoms with van der Waals surface area (Å²) in [4.78, 5) is 12.7. The first-order valence-electron chi connectivity index (χ1n) is 9.94. The number of methoxy groups -OCH3 is 2. The molecule has 0 heterocycles. The normalized spacial score (nSPS) is 11.1. The molecule has 0 atom stereocenters. The molecule has 1 amide bonds. The van der Waals surface area contributed by atoms with Crippen molar-refractivity contribution in [3.05, 3.63) is 83.9 Å². The predicted octanol–water partition coefficient (Wildman–Crippen LogP) is 4.92. The van der Waals surface area contributed by atoms with Crippen LogP contribution in [-0.2, 0) is 4.79 Å². The Labute approximate surface area is 189 Å². The third-order valence-electron chi connectivity index (χ3n) is 4.74. The van der Waals surface area contributed by atoms with Crippen molar-refractivity contribution in [3.8, 4) is 17.2 Å². The van der Waals surface area contributed by atoms with E-state index >= 15 is 0 Å². The number of hydrogen-bond donors (Lipinski definition) is 2. The maximum Gasteiger partial charge on any atom is 0.573 e. The largest absolute Gasteiger partial charge is 0.573 e. The van der Waals surface area contributed by atoms with E-state index in [-0.39, 0.29) is 18.2 Å². The second-order valence-electron chi connectivity index (χ2n) is 6.97. The lowest BCUT2D eigenvalue weighted by atomic mass is 9.98. The highest BCUT2D eigenvalue weighted by atomic mass is 19.4. The molecule has 0 saturated heterocycles. The number of nitrogens with one attached hydrogen (secondary N) is 2. The number of benzene rings is 3. The molecule has 0 spiro atoms. The van der Waals surface area contributed by atoms with Gasteiger partial charge in [-0.15, -0.1) is 13.2 Å². The molecule has 0 aliphatic rings. The maximum atomic E-state index is 12.7. The third kappa shape index (κ3) is 7.06. The van der Waals surface area contributed by atoms with Crippen LogP contribution < -0.4 is 24.8 Å². The molecule has 3 aromatic carbocycles. The van der Waals surface area contributed by atoms with Crippen LogP contribution in [0, 0.1) is 0 Å². The summed E-state index contributed by atoms with van der Waals surface area (Å²) in [5.74, 6) is 0.746. The third-order valence-corrected chi connectivity index (χ3v) is 4.74. The van der Waals surface area contributed by atoms with Crippen molar-refractivity contribution in [2.45, 2.75) is 12.4 Å². The van der Waals surface area contributed by atoms with Gasteiger partial charge in [0.25, 0.3) is 0 Å². The predicted molar refractivity (Wildman–Crippen MR) is 118 cm³/mol. The number of hydrogen-bond acceptors (Lipinski definition) is 5. The van der Waals surface area contributed by atoms with E-state index in [1.165, 1.54) is 24.3 Å². The van der Waals surface area contributed by atoms with Crippen molar-refractivity contribution in [2.75, 3.05) is 26.1 Å². The fourth-order valence-corrected chi connectivity index (χ4v) is 3.12. The molecule has 0 radical (unpaired) electrons. The van der Waals surface area contributed by atoms with E-state index in [1.807, 2.05) is 24.3 Å². The Kier molecular flexibility index (Phi) is 7.66. The molecule has 33 heavy (non-hydrogen) atoms. The van der Waals surface area contributed by atoms with Gasteiger partial charge < -0.3 is 24.8 Å². The van der Waals surface area contributed by atoms with Gasteiger partial charge in [-0.25, -0.2) is 0 Å². The van der Waals surface area contributed by atoms with Crippen molar-refractivity contribution in [1.82, 2.24) is 5.32 Å². The summed E-state index contributed by atoms with van der Waals surface area (Å²) in [6.07, 6.45) is -4.76. The van der Waals surface area contributed by atoms with Crippen molar-refractivity contribution in [2.24, 2.45) is 0 Å². The number of halogens is 3. The summed E-state index contributed by atoms with van der Waals surface area (Å²) in [7, 11) is 3.15. The molecule has 6 nitrogen and oxygen atoms in total. The molecule has 0 saturated carbocycles. The molecule has 0 aliphatic carbocycles. The molecule has 174 valence electrons. The molecule has 2 N–H and O–H groups in total. The Bertz CT molecular complexity index is 990. The smallest absolute Gasteiger partial charge is 0.497 e. The molecule has 3 aromatic rings. The minimum Gasteiger partial charge on any atom is -0.497 e. The van der Waals surface area contributed by atoms with Crippen LogP contribution in [0.2, 0.25) is 0 Å². The fourth-order valence-electron chi connectivity index (χ4n) is 3.12. The van der Waals surface area contributed by atoms with Crippen LogP contribution in [0.25, 0.3) is 0 Å². The highest BCUT2D eigenvalue weighted by Crippen LogP contribution is 2.26. The Balaban J connectivity index is 1.68. The van der Waals surface area contributed by atoms with E-state index in [9.17, 15) is 18.0 Å². The zero-order valence-electron chi connectivity index (χ0n) is 18.0. The molecule has 9 heteroatoms. The van der Waals surface area contributed by atoms with E-state index in [2.05, 4.69) is 15.4 Å². The molecule has 0 aromatic heterocycles. The van der Waals surface area contributed by atoms with Crippen molar-refractivity contribution in [1.29, 1.82) is 0 Å². The molecule has 3 rings (SSSR count). The molecular formula is C24H23F3N2O4. The Morgan fingerprint density at radius 1 is 0.788 bits per heavy atom. The minimum absolute atomic E-state index is 0.0811. The summed E-state index contributed by atoms with van der Waals surface area (Å²) in [6.45, 7) is -0.0811. The molecule has 0 aliphatic heterocycles. The first kappa shape index (κ1) is 23.8. The number of anilines is 1. The van der Waals surface area contributed by atoms with Crippen molar-refractivity contribution >= 4 is 11.6 Å². The van der Waals surface area contributed by atoms with Gasteiger partial charge in [0, 0.05) is 5.69 Å². The molecular weight excluding hydrogens is 437 g/mol. The van der Waals surface area contributed by atoms with E-state index in [1.54, 1.807) is 38.5 Å². The Morgan fingerprint density at radius 3 is 1.67 bits per heavy atom. The minimum atomic E-state index is -4.76. The van der Waals surface area contributed by atoms with Gasteiger partial charge in [-0.05, 0) is 59.7 Å². The van der Waals surface area contributed by atoms with Gasteiger partial charge in [-0.3, -0.25) is 4.79 Å². The second kappa shape index (κ2) is 10.6. The number of alkyl halides is 3. The van der Waals surface area contributed by atoms with Gasteiger partial charge in [0.05, 0.1) is 26.8 Å². The molecule has 0 fully saturated rings. The van der Waals surface area contributed by atoms with Crippen molar-refractivity contribution < 1.29 is 32.2 Å². The lowest BCUT2D eigenvalue weighted by Gasteiger charge is -2.21. The molecule has 0 unspecified atom stereocenters. The van der Waals surface area contributed by atoms with E-state index in [4.69, 9.17) is 9.47 Å². The Morgan fingerprint density at radius 2 is 1.24 bits per heavy atom. The lowest BCUT2D eigenvalue weighted by molar-refractivity contribution is -0.274. The lowest BCUT2D eigenvalue weighted by Crippen LogP contribution is -2.34. The maximum absolute atomic E-state index is 12.7. The van der Waals surface area contributed by atoms with E-state index in [0.29, 0.717) is 17.2 Å². The SMILES string of the molecule is COc1ccc(C(NC(=O)CNc2ccc(OC(F)(F)F)cc2)c2ccc(OC)cc2)cc1. The summed E-state index contributed by atoms with van der Waals surface area (Å²) in [6, 6.07) is 19.4. The first-order valence-corrected chi connectivity index (χ1v) is 9.94. The van der Waals surface area contributed by atoms with Gasteiger partial charge in [-0.2, -0.15) is 0 Å². The zero-order valence-corrected chi connectivity index (χ0v) is 18.0. The highest BCUT2D eigenvalue weighted by molar-refractivity contribution is 5.81. The summed E-state index contributed by atoms with van der Waals surface area (Å²) in [5, 5.41) is 5.87. The second-order valence-corrected chi connectivity index (χ2v) is 6.97. The van der Waals surface area contributed by atoms with Crippen LogP contribution in [0.3, 0.4) is 0 Å². The van der Waals surface area contributed by atoms with Gasteiger partial charge in [0.2, 0.25) is 5.91 Å². The van der Waals surface area contributed by atoms with Crippen LogP contribution >= 0.6 is 0 Å². The van der Waals surface area contributed by atoms with E-state index < -0.39 is 12.4 Å². The van der Waals surface area contributed by atoms with Crippen LogP contribution in [0.15, 0.2) is 72.8 Å². The average Bonchev–Trinajstić information content (AvgIpc) is 2.81. The van der Waals surface area contributed by atoms with Crippen LogP contribution in [-0.4, -0.2) is 33.0 Å². The van der Waals surface area contributed by atoms with E-state index in [0.717, 1.165) is 11.1 Å². The van der Waals surface area contributed by atoms with Crippen LogP contribution in [0.4, 0.5) is 18.9 Å². The number of carbonyl (C=O) groups is 1. The fraction of sp³-hybridized carbons (Fsp3) is 0.208. The number of carbonyl (C=O) groups excluding carboxylic acids is 1.